The second kappa shape index (κ2) is 5.04. The number of hydrogen-bond donors (Lipinski definition) is 1. The van der Waals surface area contributed by atoms with Crippen molar-refractivity contribution in [2.75, 3.05) is 16.8 Å². The highest BCUT2D eigenvalue weighted by molar-refractivity contribution is 8.19. The fourth-order valence-corrected chi connectivity index (χ4v) is 4.26. The highest BCUT2D eigenvalue weighted by Gasteiger charge is 2.42. The Labute approximate surface area is 139 Å². The molecule has 2 aliphatic heterocycles. The topological polar surface area (TPSA) is 77.4 Å². The van der Waals surface area contributed by atoms with Gasteiger partial charge in [-0.05, 0) is 17.8 Å². The first-order chi connectivity index (χ1) is 11.1. The quantitative estimate of drug-likeness (QED) is 0.808. The summed E-state index contributed by atoms with van der Waals surface area (Å²) in [7, 11) is 1.68. The van der Waals surface area contributed by atoms with E-state index in [1.165, 1.54) is 21.1 Å². The number of carbonyl (C=O) groups is 2. The second-order valence-corrected chi connectivity index (χ2v) is 6.82. The molecule has 0 aliphatic carbocycles. The fraction of sp³-hybridized carbons (Fsp3) is 0.0667. The Morgan fingerprint density at radius 2 is 1.96 bits per heavy atom. The third-order valence-corrected chi connectivity index (χ3v) is 5.41. The predicted molar refractivity (Wildman–Crippen MR) is 91.7 cm³/mol. The first kappa shape index (κ1) is 14.2. The number of amidine groups is 1. The van der Waals surface area contributed by atoms with Gasteiger partial charge in [0.1, 0.15) is 0 Å². The molecule has 0 spiro atoms. The minimum absolute atomic E-state index is 0.0623. The summed E-state index contributed by atoms with van der Waals surface area (Å²) >= 11 is 2.29. The standard InChI is InChI=1S/C15H10N4O2S2/c1-18-9-5-3-2-4-8(9)10(12(18)20)11-13(21)19(14(16)23-11)15-17-6-7-22-15/h2-7,16H,1H3/b11-10+,16-14?. The number of rotatable bonds is 1. The zero-order chi connectivity index (χ0) is 16.1. The Hall–Kier alpha value is -2.45. The molecule has 23 heavy (non-hydrogen) atoms. The molecule has 0 saturated carbocycles. The first-order valence-electron chi connectivity index (χ1n) is 6.71. The zero-order valence-corrected chi connectivity index (χ0v) is 13.6. The van der Waals surface area contributed by atoms with Crippen LogP contribution >= 0.6 is 23.1 Å². The van der Waals surface area contributed by atoms with E-state index in [9.17, 15) is 9.59 Å². The number of carbonyl (C=O) groups excluding carboxylic acids is 2. The molecule has 1 fully saturated rings. The van der Waals surface area contributed by atoms with Crippen molar-refractivity contribution in [2.24, 2.45) is 0 Å². The lowest BCUT2D eigenvalue weighted by Gasteiger charge is -2.09. The van der Waals surface area contributed by atoms with Crippen LogP contribution in [0.4, 0.5) is 10.8 Å². The van der Waals surface area contributed by atoms with Crippen LogP contribution in [0.5, 0.6) is 0 Å². The fourth-order valence-electron chi connectivity index (χ4n) is 2.63. The van der Waals surface area contributed by atoms with Gasteiger partial charge in [0.25, 0.3) is 11.8 Å². The minimum Gasteiger partial charge on any atom is -0.311 e. The number of anilines is 2. The smallest absolute Gasteiger partial charge is 0.274 e. The molecule has 4 rings (SSSR count). The van der Waals surface area contributed by atoms with Crippen molar-refractivity contribution < 1.29 is 9.59 Å². The lowest BCUT2D eigenvalue weighted by molar-refractivity contribution is -0.115. The van der Waals surface area contributed by atoms with E-state index in [2.05, 4.69) is 4.98 Å². The number of hydrogen-bond acceptors (Lipinski definition) is 6. The second-order valence-electron chi connectivity index (χ2n) is 4.95. The average molecular weight is 342 g/mol. The van der Waals surface area contributed by atoms with Gasteiger partial charge in [-0.3, -0.25) is 15.0 Å². The van der Waals surface area contributed by atoms with Gasteiger partial charge in [-0.25, -0.2) is 9.88 Å². The van der Waals surface area contributed by atoms with Crippen LogP contribution in [0.2, 0.25) is 0 Å². The molecule has 0 bridgehead atoms. The highest BCUT2D eigenvalue weighted by atomic mass is 32.2. The first-order valence-corrected chi connectivity index (χ1v) is 8.41. The Kier molecular flexibility index (Phi) is 3.10. The van der Waals surface area contributed by atoms with Crippen molar-refractivity contribution in [3.8, 4) is 0 Å². The summed E-state index contributed by atoms with van der Waals surface area (Å²) in [6.07, 6.45) is 1.58. The maximum atomic E-state index is 12.8. The maximum Gasteiger partial charge on any atom is 0.274 e. The SMILES string of the molecule is CN1C(=O)/C(=C2/SC(=N)N(c3nccs3)C2=O)c2ccccc21. The van der Waals surface area contributed by atoms with E-state index in [0.717, 1.165) is 23.0 Å². The van der Waals surface area contributed by atoms with Gasteiger partial charge in [0.05, 0.1) is 16.2 Å². The molecule has 2 amide bonds. The lowest BCUT2D eigenvalue weighted by Crippen LogP contribution is -2.28. The van der Waals surface area contributed by atoms with Crippen LogP contribution < -0.4 is 9.80 Å². The molecule has 2 aromatic rings. The number of nitrogens with zero attached hydrogens (tertiary/aromatic N) is 3. The average Bonchev–Trinajstić information content (AvgIpc) is 3.21. The number of para-hydroxylation sites is 1. The van der Waals surface area contributed by atoms with Crippen LogP contribution in [0.25, 0.3) is 5.57 Å². The van der Waals surface area contributed by atoms with E-state index in [1.807, 2.05) is 24.3 Å². The van der Waals surface area contributed by atoms with Crippen LogP contribution in [0.1, 0.15) is 5.56 Å². The maximum absolute atomic E-state index is 12.8. The van der Waals surface area contributed by atoms with Crippen molar-refractivity contribution in [1.29, 1.82) is 5.41 Å². The van der Waals surface area contributed by atoms with Gasteiger partial charge in [-0.2, -0.15) is 0 Å². The third kappa shape index (κ3) is 1.95. The molecule has 3 heterocycles. The van der Waals surface area contributed by atoms with Crippen LogP contribution in [-0.4, -0.2) is 29.0 Å². The van der Waals surface area contributed by atoms with E-state index in [0.29, 0.717) is 10.7 Å². The zero-order valence-electron chi connectivity index (χ0n) is 11.9. The number of benzene rings is 1. The summed E-state index contributed by atoms with van der Waals surface area (Å²) in [6, 6.07) is 7.35. The van der Waals surface area contributed by atoms with Gasteiger partial charge in [0.15, 0.2) is 10.3 Å². The van der Waals surface area contributed by atoms with Gasteiger partial charge < -0.3 is 4.90 Å². The normalized spacial score (nSPS) is 20.7. The third-order valence-electron chi connectivity index (χ3n) is 3.69. The van der Waals surface area contributed by atoms with Crippen molar-refractivity contribution in [2.45, 2.75) is 0 Å². The minimum atomic E-state index is -0.372. The largest absolute Gasteiger partial charge is 0.311 e. The van der Waals surface area contributed by atoms with Gasteiger partial charge in [0, 0.05) is 24.2 Å². The Morgan fingerprint density at radius 3 is 2.70 bits per heavy atom. The Bertz CT molecular complexity index is 889. The Morgan fingerprint density at radius 1 is 1.17 bits per heavy atom. The van der Waals surface area contributed by atoms with E-state index >= 15 is 0 Å². The van der Waals surface area contributed by atoms with Crippen LogP contribution in [-0.2, 0) is 9.59 Å². The molecule has 2 aliphatic rings. The monoisotopic (exact) mass is 342 g/mol. The summed E-state index contributed by atoms with van der Waals surface area (Å²) in [5.74, 6) is -0.598. The molecule has 114 valence electrons. The number of fused-ring (bicyclic) bond motifs is 1. The van der Waals surface area contributed by atoms with E-state index in [1.54, 1.807) is 18.6 Å². The van der Waals surface area contributed by atoms with Gasteiger partial charge in [-0.1, -0.05) is 18.2 Å². The van der Waals surface area contributed by atoms with Crippen LogP contribution in [0.15, 0.2) is 40.7 Å². The number of thioether (sulfide) groups is 1. The molecule has 1 saturated heterocycles. The van der Waals surface area contributed by atoms with Crippen molar-refractivity contribution in [1.82, 2.24) is 4.98 Å². The van der Waals surface area contributed by atoms with Crippen molar-refractivity contribution >= 4 is 56.5 Å². The number of thiazole rings is 1. The van der Waals surface area contributed by atoms with Gasteiger partial charge in [-0.15, -0.1) is 11.3 Å². The molecule has 6 nitrogen and oxygen atoms in total. The summed E-state index contributed by atoms with van der Waals surface area (Å²) in [6.45, 7) is 0. The van der Waals surface area contributed by atoms with Gasteiger partial charge >= 0.3 is 0 Å². The molecule has 1 aromatic heterocycles. The molecule has 0 atom stereocenters. The number of aromatic nitrogens is 1. The summed E-state index contributed by atoms with van der Waals surface area (Å²) in [5.41, 5.74) is 1.86. The molecule has 8 heteroatoms. The van der Waals surface area contributed by atoms with E-state index in [4.69, 9.17) is 5.41 Å². The molecular weight excluding hydrogens is 332 g/mol. The number of nitrogens with one attached hydrogen (secondary N) is 1. The van der Waals surface area contributed by atoms with Crippen LogP contribution in [0, 0.1) is 5.41 Å². The molecule has 1 aromatic carbocycles. The van der Waals surface area contributed by atoms with E-state index < -0.39 is 0 Å². The predicted octanol–water partition coefficient (Wildman–Crippen LogP) is 2.55. The summed E-state index contributed by atoms with van der Waals surface area (Å²) in [5, 5.41) is 10.3. The molecule has 1 N–H and O–H groups in total. The van der Waals surface area contributed by atoms with Crippen molar-refractivity contribution in [3.05, 3.63) is 46.3 Å². The molecule has 0 radical (unpaired) electrons. The summed E-state index contributed by atoms with van der Waals surface area (Å²) in [4.78, 5) is 32.5. The van der Waals surface area contributed by atoms with E-state index in [-0.39, 0.29) is 21.9 Å². The Balaban J connectivity index is 1.88. The lowest BCUT2D eigenvalue weighted by atomic mass is 10.1. The highest BCUT2D eigenvalue weighted by Crippen LogP contribution is 2.44. The number of likely N-dealkylation sites (N-methyl/N-ethyl adjacent to an activating group) is 1. The summed E-state index contributed by atoms with van der Waals surface area (Å²) < 4.78 is 0. The van der Waals surface area contributed by atoms with Crippen LogP contribution in [0.3, 0.4) is 0 Å². The molecule has 0 unspecified atom stereocenters. The van der Waals surface area contributed by atoms with Crippen molar-refractivity contribution in [3.63, 3.8) is 0 Å². The van der Waals surface area contributed by atoms with Gasteiger partial charge in [0.2, 0.25) is 0 Å². The molecular formula is C15H10N4O2S2. The number of amides is 2.